The maximum Gasteiger partial charge on any atom is 0.318 e. The van der Waals surface area contributed by atoms with Crippen molar-refractivity contribution in [1.29, 1.82) is 0 Å². The van der Waals surface area contributed by atoms with Crippen LogP contribution in [0.1, 0.15) is 25.5 Å². The monoisotopic (exact) mass is 323 g/mol. The number of ketones is 1. The van der Waals surface area contributed by atoms with E-state index in [1.165, 1.54) is 35.2 Å². The van der Waals surface area contributed by atoms with Crippen molar-refractivity contribution in [2.45, 2.75) is 19.9 Å². The third-order valence-corrected chi connectivity index (χ3v) is 3.35. The minimum atomic E-state index is -1.19. The highest BCUT2D eigenvalue weighted by atomic mass is 16.5. The summed E-state index contributed by atoms with van der Waals surface area (Å²) in [5, 5.41) is 2.62. The summed E-state index contributed by atoms with van der Waals surface area (Å²) in [6.07, 6.45) is 0. The van der Waals surface area contributed by atoms with Gasteiger partial charge in [0.2, 0.25) is 5.91 Å². The molecule has 0 saturated heterocycles. The lowest BCUT2D eigenvalue weighted by atomic mass is 9.89. The quantitative estimate of drug-likeness (QED) is 0.600. The number of rotatable bonds is 7. The van der Waals surface area contributed by atoms with Crippen LogP contribution in [0.5, 0.6) is 11.5 Å². The number of para-hydroxylation sites is 1. The van der Waals surface area contributed by atoms with Crippen LogP contribution in [0.2, 0.25) is 0 Å². The van der Waals surface area contributed by atoms with Crippen molar-refractivity contribution in [1.82, 2.24) is 5.32 Å². The van der Waals surface area contributed by atoms with E-state index < -0.39 is 29.6 Å². The van der Waals surface area contributed by atoms with Gasteiger partial charge in [-0.05, 0) is 13.0 Å². The lowest BCUT2D eigenvalue weighted by molar-refractivity contribution is -0.150. The molecule has 1 aromatic rings. The fraction of sp³-hybridized carbons (Fsp3) is 0.438. The van der Waals surface area contributed by atoms with Gasteiger partial charge in [0.25, 0.3) is 0 Å². The Bertz CT molecular complexity index is 598. The molecular formula is C16H21NO6. The Kier molecular flexibility index (Phi) is 6.56. The van der Waals surface area contributed by atoms with Gasteiger partial charge in [-0.25, -0.2) is 0 Å². The Morgan fingerprint density at radius 2 is 1.70 bits per heavy atom. The van der Waals surface area contributed by atoms with Crippen molar-refractivity contribution in [3.63, 3.8) is 0 Å². The molecule has 0 bridgehead atoms. The number of carbonyl (C=O) groups excluding carboxylic acids is 3. The van der Waals surface area contributed by atoms with Gasteiger partial charge in [-0.2, -0.15) is 0 Å². The maximum absolute atomic E-state index is 12.0. The van der Waals surface area contributed by atoms with E-state index in [1.807, 2.05) is 0 Å². The zero-order valence-electron chi connectivity index (χ0n) is 13.8. The minimum absolute atomic E-state index is 0.337. The van der Waals surface area contributed by atoms with Crippen molar-refractivity contribution < 1.29 is 28.6 Å². The fourth-order valence-electron chi connectivity index (χ4n) is 2.38. The smallest absolute Gasteiger partial charge is 0.318 e. The molecule has 0 unspecified atom stereocenters. The molecule has 2 atom stereocenters. The molecule has 1 rings (SSSR count). The molecule has 1 amide bonds. The summed E-state index contributed by atoms with van der Waals surface area (Å²) in [7, 11) is 4.09. The largest absolute Gasteiger partial charge is 0.493 e. The van der Waals surface area contributed by atoms with Crippen LogP contribution in [0, 0.1) is 5.92 Å². The molecule has 0 spiro atoms. The first kappa shape index (κ1) is 18.5. The van der Waals surface area contributed by atoms with E-state index in [0.29, 0.717) is 17.1 Å². The van der Waals surface area contributed by atoms with E-state index in [1.54, 1.807) is 18.2 Å². The first-order valence-corrected chi connectivity index (χ1v) is 6.93. The second-order valence-electron chi connectivity index (χ2n) is 4.87. The van der Waals surface area contributed by atoms with E-state index in [-0.39, 0.29) is 0 Å². The van der Waals surface area contributed by atoms with Gasteiger partial charge in [0, 0.05) is 12.5 Å². The minimum Gasteiger partial charge on any atom is -0.493 e. The maximum atomic E-state index is 12.0. The van der Waals surface area contributed by atoms with Gasteiger partial charge >= 0.3 is 5.97 Å². The lowest BCUT2D eigenvalue weighted by Gasteiger charge is -2.26. The van der Waals surface area contributed by atoms with E-state index in [2.05, 4.69) is 5.32 Å². The van der Waals surface area contributed by atoms with Gasteiger partial charge < -0.3 is 19.5 Å². The van der Waals surface area contributed by atoms with Crippen molar-refractivity contribution >= 4 is 17.7 Å². The Morgan fingerprint density at radius 3 is 2.13 bits per heavy atom. The first-order valence-electron chi connectivity index (χ1n) is 6.93. The SMILES string of the molecule is COC(=O)[C@@H](C(C)=O)[C@@H](NC(C)=O)c1cccc(OC)c1OC. The summed E-state index contributed by atoms with van der Waals surface area (Å²) in [5.41, 5.74) is 0.452. The number of hydrogen-bond donors (Lipinski definition) is 1. The van der Waals surface area contributed by atoms with Crippen LogP contribution in [0.25, 0.3) is 0 Å². The zero-order valence-corrected chi connectivity index (χ0v) is 13.8. The number of Topliss-reactive ketones (excluding diaryl/α,β-unsaturated/α-hetero) is 1. The molecule has 0 fully saturated rings. The molecule has 0 saturated carbocycles. The van der Waals surface area contributed by atoms with Crippen LogP contribution in [0.3, 0.4) is 0 Å². The summed E-state index contributed by atoms with van der Waals surface area (Å²) in [6.45, 7) is 2.57. The predicted molar refractivity (Wildman–Crippen MR) is 82.3 cm³/mol. The lowest BCUT2D eigenvalue weighted by Crippen LogP contribution is -2.39. The van der Waals surface area contributed by atoms with E-state index in [0.717, 1.165) is 0 Å². The molecule has 0 aliphatic heterocycles. The summed E-state index contributed by atoms with van der Waals surface area (Å²) in [5.74, 6) is -1.99. The molecular weight excluding hydrogens is 302 g/mol. The van der Waals surface area contributed by atoms with Crippen LogP contribution >= 0.6 is 0 Å². The molecule has 23 heavy (non-hydrogen) atoms. The molecule has 0 aromatic heterocycles. The molecule has 1 N–H and O–H groups in total. The molecule has 1 aromatic carbocycles. The van der Waals surface area contributed by atoms with Crippen LogP contribution in [0.15, 0.2) is 18.2 Å². The molecule has 0 radical (unpaired) electrons. The molecule has 0 aliphatic rings. The number of hydrogen-bond acceptors (Lipinski definition) is 6. The van der Waals surface area contributed by atoms with Crippen LogP contribution in [-0.2, 0) is 19.1 Å². The van der Waals surface area contributed by atoms with E-state index >= 15 is 0 Å². The van der Waals surface area contributed by atoms with Crippen LogP contribution in [-0.4, -0.2) is 39.0 Å². The molecule has 126 valence electrons. The van der Waals surface area contributed by atoms with Gasteiger partial charge in [0.05, 0.1) is 27.4 Å². The average Bonchev–Trinajstić information content (AvgIpc) is 2.52. The Labute approximate surface area is 134 Å². The fourth-order valence-corrected chi connectivity index (χ4v) is 2.38. The van der Waals surface area contributed by atoms with Crippen molar-refractivity contribution in [3.05, 3.63) is 23.8 Å². The third-order valence-electron chi connectivity index (χ3n) is 3.35. The van der Waals surface area contributed by atoms with E-state index in [4.69, 9.17) is 14.2 Å². The first-order chi connectivity index (χ1) is 10.9. The van der Waals surface area contributed by atoms with Crippen molar-refractivity contribution in [2.24, 2.45) is 5.92 Å². The van der Waals surface area contributed by atoms with E-state index in [9.17, 15) is 14.4 Å². The summed E-state index contributed by atoms with van der Waals surface area (Å²) >= 11 is 0. The second kappa shape index (κ2) is 8.17. The number of methoxy groups -OCH3 is 3. The average molecular weight is 323 g/mol. The molecule has 7 heteroatoms. The zero-order chi connectivity index (χ0) is 17.6. The number of carbonyl (C=O) groups is 3. The summed E-state index contributed by atoms with van der Waals surface area (Å²) in [4.78, 5) is 35.6. The number of amides is 1. The summed E-state index contributed by atoms with van der Waals surface area (Å²) < 4.78 is 15.3. The number of nitrogens with one attached hydrogen (secondary N) is 1. The Morgan fingerprint density at radius 1 is 1.04 bits per heavy atom. The number of benzene rings is 1. The van der Waals surface area contributed by atoms with Crippen LogP contribution < -0.4 is 14.8 Å². The van der Waals surface area contributed by atoms with Gasteiger partial charge in [0.1, 0.15) is 11.7 Å². The van der Waals surface area contributed by atoms with Gasteiger partial charge in [-0.15, -0.1) is 0 Å². The standard InChI is InChI=1S/C16H21NO6/c1-9(18)13(16(20)23-5)14(17-10(2)19)11-7-6-8-12(21-3)15(11)22-4/h6-8,13-14H,1-5H3,(H,17,19)/t13-,14-/m0/s1. The highest BCUT2D eigenvalue weighted by Crippen LogP contribution is 2.37. The van der Waals surface area contributed by atoms with Crippen molar-refractivity contribution in [2.75, 3.05) is 21.3 Å². The van der Waals surface area contributed by atoms with Gasteiger partial charge in [0.15, 0.2) is 11.5 Å². The number of esters is 1. The van der Waals surface area contributed by atoms with Gasteiger partial charge in [-0.3, -0.25) is 14.4 Å². The molecule has 0 heterocycles. The van der Waals surface area contributed by atoms with Gasteiger partial charge in [-0.1, -0.05) is 12.1 Å². The summed E-state index contributed by atoms with van der Waals surface area (Å²) in [6, 6.07) is 4.08. The highest BCUT2D eigenvalue weighted by Gasteiger charge is 2.37. The number of ether oxygens (including phenoxy) is 3. The molecule has 7 nitrogen and oxygen atoms in total. The molecule has 0 aliphatic carbocycles. The topological polar surface area (TPSA) is 90.9 Å². The Hall–Kier alpha value is -2.57. The highest BCUT2D eigenvalue weighted by molar-refractivity contribution is 5.99. The van der Waals surface area contributed by atoms with Crippen molar-refractivity contribution in [3.8, 4) is 11.5 Å². The predicted octanol–water partition coefficient (Wildman–Crippen LogP) is 1.26. The Balaban J connectivity index is 3.50. The third kappa shape index (κ3) is 4.21. The normalized spacial score (nSPS) is 12.7. The second-order valence-corrected chi connectivity index (χ2v) is 4.87. The van der Waals surface area contributed by atoms with Crippen LogP contribution in [0.4, 0.5) is 0 Å².